The summed E-state index contributed by atoms with van der Waals surface area (Å²) in [4.78, 5) is 0. The quantitative estimate of drug-likeness (QED) is 0.119. The molecule has 0 spiro atoms. The number of aryl methyl sites for hydroxylation is 4. The highest BCUT2D eigenvalue weighted by atomic mass is 28.3. The second kappa shape index (κ2) is 12.4. The fourth-order valence-corrected chi connectivity index (χ4v) is 10.8. The number of hydrogen-bond donors (Lipinski definition) is 0. The molecule has 0 saturated carbocycles. The van der Waals surface area contributed by atoms with Gasteiger partial charge in [-0.05, 0) is 117 Å². The van der Waals surface area contributed by atoms with Crippen molar-refractivity contribution in [3.63, 3.8) is 0 Å². The lowest BCUT2D eigenvalue weighted by Crippen LogP contribution is -2.37. The molecule has 52 heavy (non-hydrogen) atoms. The molecular formula is C50H50Si2. The third kappa shape index (κ3) is 6.02. The van der Waals surface area contributed by atoms with Crippen LogP contribution in [0.5, 0.6) is 0 Å². The first kappa shape index (κ1) is 34.3. The Hall–Kier alpha value is -4.77. The lowest BCUT2D eigenvalue weighted by Gasteiger charge is -2.23. The molecule has 0 radical (unpaired) electrons. The molecule has 0 N–H and O–H groups in total. The summed E-state index contributed by atoms with van der Waals surface area (Å²) in [6, 6.07) is 47.6. The Balaban J connectivity index is 1.53. The fourth-order valence-electron chi connectivity index (χ4n) is 8.51. The number of hydrogen-bond acceptors (Lipinski definition) is 0. The molecule has 0 unspecified atom stereocenters. The maximum atomic E-state index is 2.47. The fraction of sp³-hybridized carbons (Fsp3) is 0.200. The first-order chi connectivity index (χ1) is 24.7. The average molecular weight is 707 g/mol. The van der Waals surface area contributed by atoms with Gasteiger partial charge in [0.05, 0.1) is 16.1 Å². The Labute approximate surface area is 312 Å². The van der Waals surface area contributed by atoms with Gasteiger partial charge in [-0.15, -0.1) is 0 Å². The van der Waals surface area contributed by atoms with Gasteiger partial charge in [0.1, 0.15) is 0 Å². The topological polar surface area (TPSA) is 0 Å². The van der Waals surface area contributed by atoms with Gasteiger partial charge in [-0.25, -0.2) is 0 Å². The highest BCUT2D eigenvalue weighted by molar-refractivity contribution is 6.89. The predicted octanol–water partition coefficient (Wildman–Crippen LogP) is 13.6. The van der Waals surface area contributed by atoms with E-state index in [1.165, 1.54) is 109 Å². The maximum absolute atomic E-state index is 2.47. The van der Waals surface area contributed by atoms with Crippen LogP contribution in [-0.4, -0.2) is 16.1 Å². The van der Waals surface area contributed by atoms with Crippen molar-refractivity contribution >= 4 is 58.8 Å². The van der Waals surface area contributed by atoms with E-state index in [0.717, 1.165) is 0 Å². The van der Waals surface area contributed by atoms with E-state index >= 15 is 0 Å². The van der Waals surface area contributed by atoms with Gasteiger partial charge in [0.25, 0.3) is 0 Å². The van der Waals surface area contributed by atoms with Crippen LogP contribution in [0.3, 0.4) is 0 Å². The molecule has 0 aliphatic rings. The van der Waals surface area contributed by atoms with Crippen molar-refractivity contribution in [2.75, 3.05) is 0 Å². The van der Waals surface area contributed by atoms with Crippen LogP contribution < -0.4 is 10.4 Å². The van der Waals surface area contributed by atoms with E-state index in [9.17, 15) is 0 Å². The second-order valence-electron chi connectivity index (χ2n) is 17.4. The van der Waals surface area contributed by atoms with E-state index in [4.69, 9.17) is 0 Å². The minimum atomic E-state index is -1.44. The van der Waals surface area contributed by atoms with Crippen molar-refractivity contribution in [2.24, 2.45) is 0 Å². The summed E-state index contributed by atoms with van der Waals surface area (Å²) in [6.45, 7) is 23.5. The van der Waals surface area contributed by atoms with Gasteiger partial charge in [-0.1, -0.05) is 181 Å². The van der Waals surface area contributed by atoms with Crippen LogP contribution in [-0.2, 0) is 0 Å². The Kier molecular flexibility index (Phi) is 8.21. The molecule has 0 aliphatic heterocycles. The molecule has 0 nitrogen and oxygen atoms in total. The average Bonchev–Trinajstić information content (AvgIpc) is 3.08. The Bertz CT molecular complexity index is 2420. The van der Waals surface area contributed by atoms with Crippen LogP contribution in [0.1, 0.15) is 22.3 Å². The van der Waals surface area contributed by atoms with Gasteiger partial charge in [-0.2, -0.15) is 0 Å². The number of benzene rings is 8. The SMILES string of the molecule is Cc1cc(C)cc(-c2cc(-c3ccc([Si](C)(C)C)cc3)c3ccc4c(-c5cc(C)cc(C)c5)cc(-c5ccc([Si](C)(C)C)cc5)c5ccc2c3c54)c1. The lowest BCUT2D eigenvalue weighted by atomic mass is 9.81. The number of rotatable bonds is 6. The Morgan fingerprint density at radius 2 is 0.558 bits per heavy atom. The van der Waals surface area contributed by atoms with Crippen molar-refractivity contribution in [1.29, 1.82) is 0 Å². The van der Waals surface area contributed by atoms with Gasteiger partial charge in [0.15, 0.2) is 0 Å². The lowest BCUT2D eigenvalue weighted by molar-refractivity contribution is 1.39. The molecule has 258 valence electrons. The van der Waals surface area contributed by atoms with E-state index in [2.05, 4.69) is 188 Å². The summed E-state index contributed by atoms with van der Waals surface area (Å²) in [5, 5.41) is 11.0. The van der Waals surface area contributed by atoms with Crippen molar-refractivity contribution < 1.29 is 0 Å². The molecule has 0 heterocycles. The zero-order chi connectivity index (χ0) is 36.7. The zero-order valence-corrected chi connectivity index (χ0v) is 34.5. The van der Waals surface area contributed by atoms with Crippen LogP contribution in [0.2, 0.25) is 39.3 Å². The smallest absolute Gasteiger partial charge is 0.0656 e. The first-order valence-corrected chi connectivity index (χ1v) is 25.8. The van der Waals surface area contributed by atoms with Gasteiger partial charge >= 0.3 is 0 Å². The molecule has 0 aliphatic carbocycles. The van der Waals surface area contributed by atoms with Gasteiger partial charge in [0, 0.05) is 0 Å². The summed E-state index contributed by atoms with van der Waals surface area (Å²) in [7, 11) is -2.87. The summed E-state index contributed by atoms with van der Waals surface area (Å²) in [5.74, 6) is 0. The molecule has 0 saturated heterocycles. The molecule has 2 heteroatoms. The zero-order valence-electron chi connectivity index (χ0n) is 32.5. The molecule has 0 fully saturated rings. The first-order valence-electron chi connectivity index (χ1n) is 18.8. The minimum Gasteiger partial charge on any atom is -0.0656 e. The van der Waals surface area contributed by atoms with E-state index in [-0.39, 0.29) is 0 Å². The monoisotopic (exact) mass is 706 g/mol. The molecule has 8 aromatic rings. The largest absolute Gasteiger partial charge is 0.0775 e. The third-order valence-corrected chi connectivity index (χ3v) is 15.2. The summed E-state index contributed by atoms with van der Waals surface area (Å²) >= 11 is 0. The highest BCUT2D eigenvalue weighted by Gasteiger charge is 2.23. The molecule has 0 atom stereocenters. The Morgan fingerprint density at radius 3 is 0.827 bits per heavy atom. The molecule has 0 amide bonds. The van der Waals surface area contributed by atoms with Crippen molar-refractivity contribution in [1.82, 2.24) is 0 Å². The molecular weight excluding hydrogens is 657 g/mol. The molecule has 8 rings (SSSR count). The Morgan fingerprint density at radius 1 is 0.288 bits per heavy atom. The normalized spacial score (nSPS) is 12.4. The second-order valence-corrected chi connectivity index (χ2v) is 27.6. The predicted molar refractivity (Wildman–Crippen MR) is 237 cm³/mol. The summed E-state index contributed by atoms with van der Waals surface area (Å²) in [5.41, 5.74) is 15.5. The van der Waals surface area contributed by atoms with E-state index in [0.29, 0.717) is 0 Å². The summed E-state index contributed by atoms with van der Waals surface area (Å²) in [6.07, 6.45) is 0. The molecule has 8 aromatic carbocycles. The van der Waals surface area contributed by atoms with Crippen LogP contribution in [0.25, 0.3) is 76.8 Å². The van der Waals surface area contributed by atoms with Gasteiger partial charge in [0.2, 0.25) is 0 Å². The van der Waals surface area contributed by atoms with Crippen LogP contribution in [0, 0.1) is 27.7 Å². The van der Waals surface area contributed by atoms with E-state index < -0.39 is 16.1 Å². The standard InChI is InChI=1S/C50H50Si2/c1-31-23-32(2)26-37(25-31)47-29-45(35-11-15-39(16-12-35)51(5,6)7)41-20-22-44-48(38-27-33(3)24-34(4)28-38)30-46(42-19-21-43(47)49(41)50(42)44)36-13-17-40(18-14-36)52(8,9)10/h11-30H,1-10H3. The molecule has 0 bridgehead atoms. The molecule has 0 aromatic heterocycles. The third-order valence-electron chi connectivity index (χ3n) is 11.1. The van der Waals surface area contributed by atoms with Crippen LogP contribution in [0.4, 0.5) is 0 Å². The minimum absolute atomic E-state index is 1.28. The van der Waals surface area contributed by atoms with Crippen LogP contribution >= 0.6 is 0 Å². The highest BCUT2D eigenvalue weighted by Crippen LogP contribution is 2.48. The van der Waals surface area contributed by atoms with Crippen LogP contribution in [0.15, 0.2) is 121 Å². The van der Waals surface area contributed by atoms with Gasteiger partial charge < -0.3 is 0 Å². The van der Waals surface area contributed by atoms with Crippen molar-refractivity contribution in [3.05, 3.63) is 144 Å². The van der Waals surface area contributed by atoms with Crippen molar-refractivity contribution in [3.8, 4) is 44.5 Å². The maximum Gasteiger partial charge on any atom is 0.0775 e. The summed E-state index contributed by atoms with van der Waals surface area (Å²) < 4.78 is 0. The van der Waals surface area contributed by atoms with E-state index in [1.54, 1.807) is 0 Å². The van der Waals surface area contributed by atoms with E-state index in [1.807, 2.05) is 0 Å². The van der Waals surface area contributed by atoms with Gasteiger partial charge in [-0.3, -0.25) is 0 Å². The van der Waals surface area contributed by atoms with Crippen molar-refractivity contribution in [2.45, 2.75) is 67.0 Å².